The fraction of sp³-hybridized carbons (Fsp3) is 0.625. The Kier molecular flexibility index (Phi) is 7.07. The molecule has 1 rings (SSSR count). The summed E-state index contributed by atoms with van der Waals surface area (Å²) in [7, 11) is 0. The van der Waals surface area contributed by atoms with Gasteiger partial charge in [-0.2, -0.15) is 13.2 Å². The summed E-state index contributed by atoms with van der Waals surface area (Å²) in [4.78, 5) is 0.230. The van der Waals surface area contributed by atoms with Gasteiger partial charge in [-0.15, -0.1) is 0 Å². The molecule has 0 saturated heterocycles. The normalized spacial score (nSPS) is 12.7. The molecule has 21 heavy (non-hydrogen) atoms. The second-order valence-electron chi connectivity index (χ2n) is 5.97. The van der Waals surface area contributed by atoms with E-state index in [0.717, 1.165) is 12.1 Å². The summed E-state index contributed by atoms with van der Waals surface area (Å²) in [5, 5.41) is 3.40. The van der Waals surface area contributed by atoms with Crippen LogP contribution >= 0.6 is 11.8 Å². The molecule has 0 radical (unpaired) electrons. The molecule has 1 nitrogen and oxygen atoms in total. The Bertz CT molecular complexity index is 405. The molecular weight excluding hydrogens is 295 g/mol. The van der Waals surface area contributed by atoms with Crippen molar-refractivity contribution in [2.45, 2.75) is 44.6 Å². The molecule has 0 heterocycles. The van der Waals surface area contributed by atoms with Crippen molar-refractivity contribution in [3.05, 3.63) is 29.8 Å². The fourth-order valence-corrected chi connectivity index (χ4v) is 2.97. The molecule has 1 aromatic rings. The molecule has 0 aliphatic heterocycles. The number of thioether (sulfide) groups is 1. The Balaban J connectivity index is 2.46. The lowest BCUT2D eigenvalue weighted by atomic mass is 9.85. The first kappa shape index (κ1) is 18.4. The van der Waals surface area contributed by atoms with Crippen LogP contribution in [0.25, 0.3) is 0 Å². The van der Waals surface area contributed by atoms with E-state index in [1.165, 1.54) is 12.1 Å². The molecule has 120 valence electrons. The van der Waals surface area contributed by atoms with Gasteiger partial charge in [0, 0.05) is 11.4 Å². The van der Waals surface area contributed by atoms with E-state index in [-0.39, 0.29) is 16.7 Å². The van der Waals surface area contributed by atoms with Gasteiger partial charge in [-0.1, -0.05) is 39.8 Å². The third-order valence-electron chi connectivity index (χ3n) is 3.58. The summed E-state index contributed by atoms with van der Waals surface area (Å²) in [6.07, 6.45) is 0. The van der Waals surface area contributed by atoms with Gasteiger partial charge < -0.3 is 5.32 Å². The minimum atomic E-state index is -4.22. The standard InChI is InChI=1S/C16H24F3NS/c1-11(2)15(12(3)4)10-20-9-13-5-7-14(8-6-13)21-16(17,18)19/h5-8,11-12,15,20H,9-10H2,1-4H3. The van der Waals surface area contributed by atoms with Crippen LogP contribution in [0, 0.1) is 17.8 Å². The molecule has 0 aliphatic rings. The molecule has 0 amide bonds. The molecule has 0 aromatic heterocycles. The van der Waals surface area contributed by atoms with Crippen molar-refractivity contribution in [1.29, 1.82) is 0 Å². The summed E-state index contributed by atoms with van der Waals surface area (Å²) < 4.78 is 36.7. The van der Waals surface area contributed by atoms with Gasteiger partial charge in [-0.25, -0.2) is 0 Å². The third kappa shape index (κ3) is 7.23. The van der Waals surface area contributed by atoms with E-state index in [0.29, 0.717) is 24.3 Å². The van der Waals surface area contributed by atoms with Crippen molar-refractivity contribution in [3.8, 4) is 0 Å². The molecular formula is C16H24F3NS. The topological polar surface area (TPSA) is 12.0 Å². The lowest BCUT2D eigenvalue weighted by Gasteiger charge is -2.25. The fourth-order valence-electron chi connectivity index (χ4n) is 2.43. The average molecular weight is 319 g/mol. The van der Waals surface area contributed by atoms with E-state index in [1.807, 2.05) is 0 Å². The van der Waals surface area contributed by atoms with Crippen LogP contribution in [0.5, 0.6) is 0 Å². The van der Waals surface area contributed by atoms with Gasteiger partial charge in [0.15, 0.2) is 0 Å². The van der Waals surface area contributed by atoms with Crippen LogP contribution in [0.3, 0.4) is 0 Å². The number of hydrogen-bond acceptors (Lipinski definition) is 2. The Hall–Kier alpha value is -0.680. The monoisotopic (exact) mass is 319 g/mol. The average Bonchev–Trinajstić information content (AvgIpc) is 2.33. The molecule has 0 saturated carbocycles. The Morgan fingerprint density at radius 1 is 1.00 bits per heavy atom. The highest BCUT2D eigenvalue weighted by Crippen LogP contribution is 2.36. The quantitative estimate of drug-likeness (QED) is 0.683. The molecule has 0 unspecified atom stereocenters. The lowest BCUT2D eigenvalue weighted by Crippen LogP contribution is -2.29. The van der Waals surface area contributed by atoms with Crippen molar-refractivity contribution in [3.63, 3.8) is 0 Å². The van der Waals surface area contributed by atoms with Crippen LogP contribution in [0.15, 0.2) is 29.2 Å². The SMILES string of the molecule is CC(C)C(CNCc1ccc(SC(F)(F)F)cc1)C(C)C. The Morgan fingerprint density at radius 2 is 1.52 bits per heavy atom. The molecule has 0 bridgehead atoms. The minimum Gasteiger partial charge on any atom is -0.312 e. The summed E-state index contributed by atoms with van der Waals surface area (Å²) >= 11 is -0.0744. The first-order valence-electron chi connectivity index (χ1n) is 7.24. The van der Waals surface area contributed by atoms with Crippen molar-refractivity contribution in [1.82, 2.24) is 5.32 Å². The van der Waals surface area contributed by atoms with Crippen LogP contribution in [-0.2, 0) is 6.54 Å². The predicted molar refractivity (Wildman–Crippen MR) is 83.2 cm³/mol. The first-order valence-corrected chi connectivity index (χ1v) is 8.06. The zero-order valence-corrected chi connectivity index (χ0v) is 13.8. The summed E-state index contributed by atoms with van der Waals surface area (Å²) in [5.74, 6) is 1.83. The van der Waals surface area contributed by atoms with Crippen molar-refractivity contribution < 1.29 is 13.2 Å². The van der Waals surface area contributed by atoms with E-state index < -0.39 is 5.51 Å². The number of hydrogen-bond donors (Lipinski definition) is 1. The van der Waals surface area contributed by atoms with Gasteiger partial charge in [0.25, 0.3) is 0 Å². The Labute approximate surface area is 129 Å². The zero-order valence-electron chi connectivity index (χ0n) is 13.0. The molecule has 0 aliphatic carbocycles. The largest absolute Gasteiger partial charge is 0.446 e. The number of nitrogens with one attached hydrogen (secondary N) is 1. The summed E-state index contributed by atoms with van der Waals surface area (Å²) in [5.41, 5.74) is -3.21. The van der Waals surface area contributed by atoms with Gasteiger partial charge in [0.2, 0.25) is 0 Å². The number of halogens is 3. The van der Waals surface area contributed by atoms with E-state index in [1.54, 1.807) is 12.1 Å². The van der Waals surface area contributed by atoms with Gasteiger partial charge in [-0.05, 0) is 53.8 Å². The molecule has 1 aromatic carbocycles. The molecule has 0 fully saturated rings. The van der Waals surface area contributed by atoms with Gasteiger partial charge >= 0.3 is 5.51 Å². The smallest absolute Gasteiger partial charge is 0.312 e. The van der Waals surface area contributed by atoms with Gasteiger partial charge in [0.1, 0.15) is 0 Å². The van der Waals surface area contributed by atoms with Gasteiger partial charge in [0.05, 0.1) is 0 Å². The molecule has 0 atom stereocenters. The predicted octanol–water partition coefficient (Wildman–Crippen LogP) is 5.32. The van der Waals surface area contributed by atoms with Crippen LogP contribution < -0.4 is 5.32 Å². The van der Waals surface area contributed by atoms with E-state index in [9.17, 15) is 13.2 Å². The summed E-state index contributed by atoms with van der Waals surface area (Å²) in [6, 6.07) is 6.55. The zero-order chi connectivity index (χ0) is 16.0. The number of benzene rings is 1. The number of rotatable bonds is 7. The second kappa shape index (κ2) is 8.08. The lowest BCUT2D eigenvalue weighted by molar-refractivity contribution is -0.0328. The van der Waals surface area contributed by atoms with Crippen molar-refractivity contribution in [2.75, 3.05) is 6.54 Å². The highest BCUT2D eigenvalue weighted by atomic mass is 32.2. The Morgan fingerprint density at radius 3 is 1.95 bits per heavy atom. The minimum absolute atomic E-state index is 0.0744. The van der Waals surface area contributed by atoms with Crippen LogP contribution in [0.1, 0.15) is 33.3 Å². The summed E-state index contributed by atoms with van der Waals surface area (Å²) in [6.45, 7) is 10.5. The maximum Gasteiger partial charge on any atom is 0.446 e. The maximum absolute atomic E-state index is 12.2. The molecule has 5 heteroatoms. The number of alkyl halides is 3. The highest BCUT2D eigenvalue weighted by molar-refractivity contribution is 8.00. The van der Waals surface area contributed by atoms with E-state index in [4.69, 9.17) is 0 Å². The van der Waals surface area contributed by atoms with E-state index in [2.05, 4.69) is 33.0 Å². The van der Waals surface area contributed by atoms with Crippen molar-refractivity contribution in [2.24, 2.45) is 17.8 Å². The third-order valence-corrected chi connectivity index (χ3v) is 4.32. The van der Waals surface area contributed by atoms with Crippen LogP contribution in [-0.4, -0.2) is 12.1 Å². The van der Waals surface area contributed by atoms with Crippen molar-refractivity contribution >= 4 is 11.8 Å². The van der Waals surface area contributed by atoms with Crippen LogP contribution in [0.2, 0.25) is 0 Å². The van der Waals surface area contributed by atoms with Crippen LogP contribution in [0.4, 0.5) is 13.2 Å². The molecule has 1 N–H and O–H groups in total. The highest BCUT2D eigenvalue weighted by Gasteiger charge is 2.28. The molecule has 0 spiro atoms. The van der Waals surface area contributed by atoms with Gasteiger partial charge in [-0.3, -0.25) is 0 Å². The first-order chi connectivity index (χ1) is 9.69. The second-order valence-corrected chi connectivity index (χ2v) is 7.11. The van der Waals surface area contributed by atoms with E-state index >= 15 is 0 Å². The maximum atomic E-state index is 12.2.